The van der Waals surface area contributed by atoms with Gasteiger partial charge in [-0.15, -0.1) is 0 Å². The van der Waals surface area contributed by atoms with Gasteiger partial charge in [0.2, 0.25) is 5.75 Å². The molecule has 0 heterocycles. The van der Waals surface area contributed by atoms with Gasteiger partial charge in [0.15, 0.2) is 21.3 Å². The fourth-order valence-corrected chi connectivity index (χ4v) is 2.56. The fourth-order valence-electron chi connectivity index (χ4n) is 1.92. The summed E-state index contributed by atoms with van der Waals surface area (Å²) in [5.41, 5.74) is -0.224. The molecule has 0 aliphatic heterocycles. The number of ether oxygens (including phenoxy) is 2. The van der Waals surface area contributed by atoms with Crippen LogP contribution in [0.1, 0.15) is 10.4 Å². The van der Waals surface area contributed by atoms with Gasteiger partial charge >= 0.3 is 5.69 Å². The van der Waals surface area contributed by atoms with Crippen molar-refractivity contribution in [1.29, 1.82) is 0 Å². The van der Waals surface area contributed by atoms with E-state index in [1.54, 1.807) is 0 Å². The average Bonchev–Trinajstić information content (AvgIpc) is 2.53. The SMILES string of the molecule is COc1ccc(C=O)cc1Oc1ccc(S(C)(=O)=O)cc1[N+](=O)[O-]. The molecule has 0 radical (unpaired) electrons. The predicted octanol–water partition coefficient (Wildman–Crippen LogP) is 2.61. The molecule has 0 amide bonds. The summed E-state index contributed by atoms with van der Waals surface area (Å²) in [7, 11) is -2.22. The lowest BCUT2D eigenvalue weighted by Crippen LogP contribution is -2.01. The minimum absolute atomic E-state index is 0.0947. The molecule has 126 valence electrons. The van der Waals surface area contributed by atoms with Crippen molar-refractivity contribution in [3.63, 3.8) is 0 Å². The maximum absolute atomic E-state index is 11.5. The quantitative estimate of drug-likeness (QED) is 0.446. The molecule has 0 saturated carbocycles. The molecule has 2 aromatic rings. The zero-order chi connectivity index (χ0) is 17.9. The van der Waals surface area contributed by atoms with E-state index in [0.717, 1.165) is 12.3 Å². The van der Waals surface area contributed by atoms with E-state index in [1.165, 1.54) is 37.4 Å². The number of hydrogen-bond donors (Lipinski definition) is 0. The van der Waals surface area contributed by atoms with Crippen LogP contribution in [-0.4, -0.2) is 33.0 Å². The van der Waals surface area contributed by atoms with Crippen LogP contribution in [0.4, 0.5) is 5.69 Å². The molecule has 0 fully saturated rings. The number of rotatable bonds is 6. The monoisotopic (exact) mass is 351 g/mol. The number of carbonyl (C=O) groups is 1. The zero-order valence-electron chi connectivity index (χ0n) is 12.8. The third kappa shape index (κ3) is 3.69. The Kier molecular flexibility index (Phi) is 4.84. The number of hydrogen-bond acceptors (Lipinski definition) is 7. The van der Waals surface area contributed by atoms with Crippen molar-refractivity contribution in [2.24, 2.45) is 0 Å². The smallest absolute Gasteiger partial charge is 0.312 e. The Morgan fingerprint density at radius 1 is 1.08 bits per heavy atom. The van der Waals surface area contributed by atoms with Crippen LogP contribution in [0.3, 0.4) is 0 Å². The number of nitro benzene ring substituents is 1. The first-order valence-corrected chi connectivity index (χ1v) is 8.45. The van der Waals surface area contributed by atoms with Gasteiger partial charge in [-0.2, -0.15) is 0 Å². The van der Waals surface area contributed by atoms with Gasteiger partial charge in [0.05, 0.1) is 16.9 Å². The number of benzene rings is 2. The predicted molar refractivity (Wildman–Crippen MR) is 84.7 cm³/mol. The first-order valence-electron chi connectivity index (χ1n) is 6.56. The lowest BCUT2D eigenvalue weighted by Gasteiger charge is -2.11. The number of carbonyl (C=O) groups excluding carboxylic acids is 1. The topological polar surface area (TPSA) is 113 Å². The first kappa shape index (κ1) is 17.4. The second-order valence-electron chi connectivity index (χ2n) is 4.79. The molecular weight excluding hydrogens is 338 g/mol. The van der Waals surface area contributed by atoms with Crippen molar-refractivity contribution in [3.8, 4) is 17.2 Å². The largest absolute Gasteiger partial charge is 0.493 e. The molecule has 0 aliphatic carbocycles. The zero-order valence-corrected chi connectivity index (χ0v) is 13.6. The van der Waals surface area contributed by atoms with Gasteiger partial charge in [-0.25, -0.2) is 8.42 Å². The molecule has 0 aromatic heterocycles. The Morgan fingerprint density at radius 3 is 2.29 bits per heavy atom. The molecule has 0 N–H and O–H groups in total. The van der Waals surface area contributed by atoms with E-state index in [-0.39, 0.29) is 22.1 Å². The second-order valence-corrected chi connectivity index (χ2v) is 6.80. The van der Waals surface area contributed by atoms with Crippen molar-refractivity contribution < 1.29 is 27.6 Å². The van der Waals surface area contributed by atoms with E-state index in [0.29, 0.717) is 11.8 Å². The van der Waals surface area contributed by atoms with Crippen LogP contribution in [0.2, 0.25) is 0 Å². The summed E-state index contributed by atoms with van der Waals surface area (Å²) in [5.74, 6) is 0.188. The maximum atomic E-state index is 11.5. The Bertz CT molecular complexity index is 906. The molecule has 0 aliphatic rings. The number of nitrogens with zero attached hydrogens (tertiary/aromatic N) is 1. The summed E-state index contributed by atoms with van der Waals surface area (Å²) in [6, 6.07) is 7.64. The van der Waals surface area contributed by atoms with Gasteiger partial charge in [-0.1, -0.05) is 0 Å². The van der Waals surface area contributed by atoms with Crippen LogP contribution in [0.15, 0.2) is 41.3 Å². The summed E-state index contributed by atoms with van der Waals surface area (Å²) in [5, 5.41) is 11.2. The van der Waals surface area contributed by atoms with Crippen molar-refractivity contribution >= 4 is 21.8 Å². The van der Waals surface area contributed by atoms with Gasteiger partial charge in [-0.05, 0) is 30.3 Å². The number of methoxy groups -OCH3 is 1. The Balaban J connectivity index is 2.54. The lowest BCUT2D eigenvalue weighted by molar-refractivity contribution is -0.385. The summed E-state index contributed by atoms with van der Waals surface area (Å²) < 4.78 is 33.6. The maximum Gasteiger partial charge on any atom is 0.312 e. The third-order valence-corrected chi connectivity index (χ3v) is 4.21. The first-order chi connectivity index (χ1) is 11.3. The van der Waals surface area contributed by atoms with Crippen LogP contribution in [0.25, 0.3) is 0 Å². The van der Waals surface area contributed by atoms with Crippen molar-refractivity contribution in [2.45, 2.75) is 4.90 Å². The summed E-state index contributed by atoms with van der Waals surface area (Å²) >= 11 is 0. The minimum Gasteiger partial charge on any atom is -0.493 e. The summed E-state index contributed by atoms with van der Waals surface area (Å²) in [6.45, 7) is 0. The number of sulfone groups is 1. The van der Waals surface area contributed by atoms with Crippen LogP contribution >= 0.6 is 0 Å². The van der Waals surface area contributed by atoms with Crippen LogP contribution in [0, 0.1) is 10.1 Å². The molecule has 2 rings (SSSR count). The van der Waals surface area contributed by atoms with Gasteiger partial charge in [0, 0.05) is 17.9 Å². The van der Waals surface area contributed by atoms with Crippen molar-refractivity contribution in [2.75, 3.05) is 13.4 Å². The second kappa shape index (κ2) is 6.67. The van der Waals surface area contributed by atoms with E-state index < -0.39 is 20.4 Å². The molecular formula is C15H13NO7S. The van der Waals surface area contributed by atoms with E-state index in [4.69, 9.17) is 9.47 Å². The normalized spacial score (nSPS) is 10.9. The van der Waals surface area contributed by atoms with Crippen molar-refractivity contribution in [1.82, 2.24) is 0 Å². The average molecular weight is 351 g/mol. The molecule has 0 atom stereocenters. The highest BCUT2D eigenvalue weighted by molar-refractivity contribution is 7.90. The molecule has 8 nitrogen and oxygen atoms in total. The highest BCUT2D eigenvalue weighted by Gasteiger charge is 2.21. The van der Waals surface area contributed by atoms with E-state index in [1.807, 2.05) is 0 Å². The highest BCUT2D eigenvalue weighted by Crippen LogP contribution is 2.37. The lowest BCUT2D eigenvalue weighted by atomic mass is 10.2. The minimum atomic E-state index is -3.60. The number of aldehydes is 1. The molecule has 2 aromatic carbocycles. The van der Waals surface area contributed by atoms with E-state index in [9.17, 15) is 23.3 Å². The van der Waals surface area contributed by atoms with E-state index in [2.05, 4.69) is 0 Å². The molecule has 0 spiro atoms. The van der Waals surface area contributed by atoms with E-state index >= 15 is 0 Å². The fraction of sp³-hybridized carbons (Fsp3) is 0.133. The number of nitro groups is 1. The van der Waals surface area contributed by atoms with Gasteiger partial charge in [0.25, 0.3) is 0 Å². The Hall–Kier alpha value is -2.94. The molecule has 0 bridgehead atoms. The van der Waals surface area contributed by atoms with Crippen LogP contribution in [-0.2, 0) is 9.84 Å². The standard InChI is InChI=1S/C15H13NO7S/c1-22-14-5-3-10(9-17)7-15(14)23-13-6-4-11(24(2,20)21)8-12(13)16(18)19/h3-9H,1-2H3. The van der Waals surface area contributed by atoms with Gasteiger partial charge in [-0.3, -0.25) is 14.9 Å². The third-order valence-electron chi connectivity index (χ3n) is 3.10. The molecule has 0 saturated heterocycles. The summed E-state index contributed by atoms with van der Waals surface area (Å²) in [4.78, 5) is 21.1. The summed E-state index contributed by atoms with van der Waals surface area (Å²) in [6.07, 6.45) is 1.54. The van der Waals surface area contributed by atoms with Gasteiger partial charge < -0.3 is 9.47 Å². The molecule has 0 unspecified atom stereocenters. The van der Waals surface area contributed by atoms with Gasteiger partial charge in [0.1, 0.15) is 6.29 Å². The Morgan fingerprint density at radius 2 is 1.75 bits per heavy atom. The van der Waals surface area contributed by atoms with Crippen LogP contribution in [0.5, 0.6) is 17.2 Å². The highest BCUT2D eigenvalue weighted by atomic mass is 32.2. The van der Waals surface area contributed by atoms with Crippen molar-refractivity contribution in [3.05, 3.63) is 52.1 Å². The van der Waals surface area contributed by atoms with Crippen LogP contribution < -0.4 is 9.47 Å². The molecule has 9 heteroatoms. The molecule has 24 heavy (non-hydrogen) atoms. The Labute approximate surface area is 137 Å².